The summed E-state index contributed by atoms with van der Waals surface area (Å²) in [5, 5.41) is 5.91. The second kappa shape index (κ2) is 10.6. The highest BCUT2D eigenvalue weighted by Crippen LogP contribution is 2.20. The van der Waals surface area contributed by atoms with Crippen LogP contribution in [-0.4, -0.2) is 66.8 Å². The largest absolute Gasteiger partial charge is 0.343 e. The van der Waals surface area contributed by atoms with Crippen LogP contribution in [0.1, 0.15) is 10.4 Å². The van der Waals surface area contributed by atoms with Gasteiger partial charge in [-0.1, -0.05) is 23.2 Å². The van der Waals surface area contributed by atoms with Crippen molar-refractivity contribution in [2.75, 3.05) is 44.6 Å². The van der Waals surface area contributed by atoms with Crippen molar-refractivity contribution in [2.24, 2.45) is 0 Å². The molecule has 10 heteroatoms. The van der Waals surface area contributed by atoms with E-state index in [1.54, 1.807) is 11.0 Å². The number of halogens is 3. The predicted molar refractivity (Wildman–Crippen MR) is 117 cm³/mol. The molecule has 0 saturated carbocycles. The van der Waals surface area contributed by atoms with E-state index in [1.807, 2.05) is 4.90 Å². The first kappa shape index (κ1) is 23.0. The number of nitrogens with one attached hydrogen (secondary N) is 2. The molecule has 0 unspecified atom stereocenters. The van der Waals surface area contributed by atoms with Gasteiger partial charge in [0.05, 0.1) is 23.7 Å². The number of rotatable bonds is 6. The number of anilines is 1. The van der Waals surface area contributed by atoms with Gasteiger partial charge < -0.3 is 15.5 Å². The second-order valence-electron chi connectivity index (χ2n) is 7.02. The van der Waals surface area contributed by atoms with Gasteiger partial charge in [-0.25, -0.2) is 4.39 Å². The van der Waals surface area contributed by atoms with Crippen molar-refractivity contribution in [3.05, 3.63) is 63.9 Å². The van der Waals surface area contributed by atoms with Crippen molar-refractivity contribution in [3.63, 3.8) is 0 Å². The topological polar surface area (TPSA) is 81.8 Å². The Labute approximate surface area is 189 Å². The summed E-state index contributed by atoms with van der Waals surface area (Å²) in [4.78, 5) is 40.3. The van der Waals surface area contributed by atoms with Crippen molar-refractivity contribution in [2.45, 2.75) is 0 Å². The van der Waals surface area contributed by atoms with Gasteiger partial charge in [0, 0.05) is 36.9 Å². The molecule has 2 aromatic rings. The van der Waals surface area contributed by atoms with Crippen molar-refractivity contribution in [1.82, 2.24) is 15.1 Å². The van der Waals surface area contributed by atoms with Crippen LogP contribution >= 0.6 is 23.2 Å². The molecule has 0 aromatic heterocycles. The summed E-state index contributed by atoms with van der Waals surface area (Å²) >= 11 is 11.8. The first-order valence-corrected chi connectivity index (χ1v) is 10.4. The smallest absolute Gasteiger partial charge is 0.253 e. The molecular weight excluding hydrogens is 446 g/mol. The van der Waals surface area contributed by atoms with E-state index in [0.717, 1.165) is 0 Å². The lowest BCUT2D eigenvalue weighted by Crippen LogP contribution is -2.52. The predicted octanol–water partition coefficient (Wildman–Crippen LogP) is 2.65. The van der Waals surface area contributed by atoms with E-state index in [2.05, 4.69) is 10.6 Å². The highest BCUT2D eigenvalue weighted by molar-refractivity contribution is 6.36. The summed E-state index contributed by atoms with van der Waals surface area (Å²) in [6.45, 7) is 1.97. The van der Waals surface area contributed by atoms with Gasteiger partial charge in [0.2, 0.25) is 11.8 Å². The average Bonchev–Trinajstić information content (AvgIpc) is 2.74. The molecule has 0 aliphatic carbocycles. The summed E-state index contributed by atoms with van der Waals surface area (Å²) in [7, 11) is 0. The normalized spacial score (nSPS) is 14.2. The van der Waals surface area contributed by atoms with Gasteiger partial charge in [-0.05, 0) is 42.5 Å². The fourth-order valence-electron chi connectivity index (χ4n) is 3.13. The quantitative estimate of drug-likeness (QED) is 0.685. The van der Waals surface area contributed by atoms with E-state index in [1.165, 1.54) is 36.4 Å². The summed E-state index contributed by atoms with van der Waals surface area (Å²) in [5.41, 5.74) is 0.771. The number of carbonyl (C=O) groups is 3. The Hall–Kier alpha value is -2.68. The zero-order valence-electron chi connectivity index (χ0n) is 16.5. The Balaban J connectivity index is 1.40. The first-order chi connectivity index (χ1) is 14.8. The van der Waals surface area contributed by atoms with E-state index in [-0.39, 0.29) is 41.3 Å². The highest BCUT2D eigenvalue weighted by atomic mass is 35.5. The molecular formula is C21H21Cl2FN4O3. The molecule has 0 bridgehead atoms. The maximum atomic E-state index is 12.9. The van der Waals surface area contributed by atoms with Gasteiger partial charge in [-0.2, -0.15) is 0 Å². The number of hydrogen-bond donors (Lipinski definition) is 2. The third-order valence-electron chi connectivity index (χ3n) is 4.80. The molecule has 0 spiro atoms. The Morgan fingerprint density at radius 3 is 2.29 bits per heavy atom. The maximum Gasteiger partial charge on any atom is 0.253 e. The Kier molecular flexibility index (Phi) is 7.84. The Morgan fingerprint density at radius 1 is 0.968 bits per heavy atom. The molecule has 1 aliphatic heterocycles. The maximum absolute atomic E-state index is 12.9. The first-order valence-electron chi connectivity index (χ1n) is 9.60. The van der Waals surface area contributed by atoms with Gasteiger partial charge in [0.25, 0.3) is 5.91 Å². The summed E-state index contributed by atoms with van der Waals surface area (Å²) in [6.07, 6.45) is 0. The molecule has 1 aliphatic rings. The molecule has 0 radical (unpaired) electrons. The third-order valence-corrected chi connectivity index (χ3v) is 5.34. The standard InChI is InChI=1S/C21H21Cl2FN4O3/c22-14-1-6-17(18(23)11-14)21(31)25-12-20(30)28-9-7-27(8-10-28)13-19(29)26-16-4-2-15(24)3-5-16/h1-6,11H,7-10,12-13H2,(H,25,31)(H,26,29). The van der Waals surface area contributed by atoms with Gasteiger partial charge >= 0.3 is 0 Å². The van der Waals surface area contributed by atoms with E-state index in [9.17, 15) is 18.8 Å². The Morgan fingerprint density at radius 2 is 1.65 bits per heavy atom. The number of hydrogen-bond acceptors (Lipinski definition) is 4. The van der Waals surface area contributed by atoms with Crippen molar-refractivity contribution >= 4 is 46.6 Å². The van der Waals surface area contributed by atoms with E-state index in [0.29, 0.717) is 36.9 Å². The van der Waals surface area contributed by atoms with Crippen LogP contribution in [0.3, 0.4) is 0 Å². The van der Waals surface area contributed by atoms with Gasteiger partial charge in [0.15, 0.2) is 0 Å². The highest BCUT2D eigenvalue weighted by Gasteiger charge is 2.23. The number of carbonyl (C=O) groups excluding carboxylic acids is 3. The van der Waals surface area contributed by atoms with Gasteiger partial charge in [0.1, 0.15) is 5.82 Å². The van der Waals surface area contributed by atoms with Crippen molar-refractivity contribution in [3.8, 4) is 0 Å². The van der Waals surface area contributed by atoms with Crippen LogP contribution in [0.5, 0.6) is 0 Å². The molecule has 1 heterocycles. The zero-order valence-corrected chi connectivity index (χ0v) is 18.0. The van der Waals surface area contributed by atoms with Crippen LogP contribution < -0.4 is 10.6 Å². The molecule has 2 aromatic carbocycles. The molecule has 164 valence electrons. The fourth-order valence-corrected chi connectivity index (χ4v) is 3.62. The molecule has 0 atom stereocenters. The molecule has 1 saturated heterocycles. The molecule has 7 nitrogen and oxygen atoms in total. The van der Waals surface area contributed by atoms with Crippen LogP contribution in [0, 0.1) is 5.82 Å². The minimum atomic E-state index is -0.453. The van der Waals surface area contributed by atoms with Crippen LogP contribution in [0.2, 0.25) is 10.0 Å². The van der Waals surface area contributed by atoms with E-state index in [4.69, 9.17) is 23.2 Å². The van der Waals surface area contributed by atoms with Gasteiger partial charge in [-0.3, -0.25) is 19.3 Å². The monoisotopic (exact) mass is 466 g/mol. The molecule has 2 N–H and O–H groups in total. The lowest BCUT2D eigenvalue weighted by Gasteiger charge is -2.34. The molecule has 3 rings (SSSR count). The van der Waals surface area contributed by atoms with Crippen LogP contribution in [0.4, 0.5) is 10.1 Å². The van der Waals surface area contributed by atoms with Gasteiger partial charge in [-0.15, -0.1) is 0 Å². The molecule has 3 amide bonds. The lowest BCUT2D eigenvalue weighted by molar-refractivity contribution is -0.132. The Bertz CT molecular complexity index is 964. The SMILES string of the molecule is O=C(CN1CCN(C(=O)CNC(=O)c2ccc(Cl)cc2Cl)CC1)Nc1ccc(F)cc1. The number of amides is 3. The number of benzene rings is 2. The second-order valence-corrected chi connectivity index (χ2v) is 7.86. The van der Waals surface area contributed by atoms with E-state index >= 15 is 0 Å². The summed E-state index contributed by atoms with van der Waals surface area (Å²) in [5.74, 6) is -1.25. The minimum Gasteiger partial charge on any atom is -0.343 e. The summed E-state index contributed by atoms with van der Waals surface area (Å²) in [6, 6.07) is 10.1. The van der Waals surface area contributed by atoms with Crippen LogP contribution in [-0.2, 0) is 9.59 Å². The fraction of sp³-hybridized carbons (Fsp3) is 0.286. The molecule has 1 fully saturated rings. The van der Waals surface area contributed by atoms with Crippen LogP contribution in [0.25, 0.3) is 0 Å². The average molecular weight is 467 g/mol. The number of piperazine rings is 1. The van der Waals surface area contributed by atoms with Crippen molar-refractivity contribution in [1.29, 1.82) is 0 Å². The minimum absolute atomic E-state index is 0.150. The van der Waals surface area contributed by atoms with E-state index < -0.39 is 5.91 Å². The zero-order chi connectivity index (χ0) is 22.4. The lowest BCUT2D eigenvalue weighted by atomic mass is 10.2. The van der Waals surface area contributed by atoms with Crippen molar-refractivity contribution < 1.29 is 18.8 Å². The summed E-state index contributed by atoms with van der Waals surface area (Å²) < 4.78 is 12.9. The molecule has 31 heavy (non-hydrogen) atoms. The van der Waals surface area contributed by atoms with Crippen LogP contribution in [0.15, 0.2) is 42.5 Å². The third kappa shape index (κ3) is 6.65. The number of nitrogens with zero attached hydrogens (tertiary/aromatic N) is 2.